The van der Waals surface area contributed by atoms with E-state index in [-0.39, 0.29) is 0 Å². The van der Waals surface area contributed by atoms with Crippen molar-refractivity contribution in [2.24, 2.45) is 0 Å². The monoisotopic (exact) mass is 187 g/mol. The van der Waals surface area contributed by atoms with Crippen LogP contribution >= 0.6 is 11.8 Å². The van der Waals surface area contributed by atoms with Gasteiger partial charge in [-0.25, -0.2) is 0 Å². The van der Waals surface area contributed by atoms with Gasteiger partial charge in [0.15, 0.2) is 0 Å². The van der Waals surface area contributed by atoms with Gasteiger partial charge in [-0.15, -0.1) is 11.8 Å². The summed E-state index contributed by atoms with van der Waals surface area (Å²) in [6.07, 6.45) is 4.75. The largest absolute Gasteiger partial charge is 0.373 e. The number of hydrogen-bond donors (Lipinski definition) is 1. The minimum Gasteiger partial charge on any atom is -0.373 e. The van der Waals surface area contributed by atoms with Crippen LogP contribution in [0.3, 0.4) is 0 Å². The van der Waals surface area contributed by atoms with Crippen LogP contribution in [-0.4, -0.2) is 29.9 Å². The Balaban J connectivity index is 1.83. The number of nitrogens with one attached hydrogen (secondary N) is 1. The highest BCUT2D eigenvalue weighted by Crippen LogP contribution is 2.28. The zero-order valence-electron chi connectivity index (χ0n) is 7.58. The minimum atomic E-state index is 0.477. The van der Waals surface area contributed by atoms with E-state index in [2.05, 4.69) is 12.2 Å². The average molecular weight is 187 g/mol. The van der Waals surface area contributed by atoms with Gasteiger partial charge in [-0.2, -0.15) is 0 Å². The van der Waals surface area contributed by atoms with E-state index in [0.717, 1.165) is 0 Å². The fraction of sp³-hybridized carbons (Fsp3) is 1.00. The third-order valence-electron chi connectivity index (χ3n) is 2.57. The molecule has 2 saturated heterocycles. The van der Waals surface area contributed by atoms with Gasteiger partial charge in [0.1, 0.15) is 0 Å². The fourth-order valence-corrected chi connectivity index (χ4v) is 3.10. The minimum absolute atomic E-state index is 0.477. The van der Waals surface area contributed by atoms with Gasteiger partial charge < -0.3 is 10.1 Å². The predicted octanol–water partition coefficient (Wildman–Crippen LogP) is 1.61. The highest BCUT2D eigenvalue weighted by Gasteiger charge is 2.30. The molecule has 0 saturated carbocycles. The topological polar surface area (TPSA) is 21.3 Å². The molecule has 0 aromatic carbocycles. The lowest BCUT2D eigenvalue weighted by molar-refractivity contribution is 0.0491. The van der Waals surface area contributed by atoms with E-state index in [1.54, 1.807) is 0 Å². The first-order valence-corrected chi connectivity index (χ1v) is 5.91. The molecule has 1 N–H and O–H groups in total. The Bertz CT molecular complexity index is 145. The van der Waals surface area contributed by atoms with Crippen LogP contribution in [0.25, 0.3) is 0 Å². The summed E-state index contributed by atoms with van der Waals surface area (Å²) in [7, 11) is 0. The van der Waals surface area contributed by atoms with Gasteiger partial charge in [0.2, 0.25) is 0 Å². The molecule has 0 aliphatic carbocycles. The summed E-state index contributed by atoms with van der Waals surface area (Å²) in [5, 5.41) is 4.09. The Hall–Kier alpha value is 0.270. The Labute approximate surface area is 78.4 Å². The second-order valence-corrected chi connectivity index (χ2v) is 4.91. The Kier molecular flexibility index (Phi) is 2.94. The number of rotatable bonds is 1. The van der Waals surface area contributed by atoms with Crippen molar-refractivity contribution >= 4 is 11.8 Å². The van der Waals surface area contributed by atoms with Crippen molar-refractivity contribution in [1.82, 2.24) is 5.32 Å². The van der Waals surface area contributed by atoms with Crippen LogP contribution in [0.4, 0.5) is 0 Å². The molecular weight excluding hydrogens is 170 g/mol. The van der Waals surface area contributed by atoms with Crippen molar-refractivity contribution < 1.29 is 4.74 Å². The van der Waals surface area contributed by atoms with Gasteiger partial charge >= 0.3 is 0 Å². The molecule has 0 aromatic heterocycles. The van der Waals surface area contributed by atoms with Crippen LogP contribution in [0.15, 0.2) is 0 Å². The molecule has 3 atom stereocenters. The molecule has 2 fully saturated rings. The third kappa shape index (κ3) is 1.95. The molecule has 2 nitrogen and oxygen atoms in total. The Morgan fingerprint density at radius 2 is 2.33 bits per heavy atom. The van der Waals surface area contributed by atoms with Gasteiger partial charge in [-0.1, -0.05) is 0 Å². The predicted molar refractivity (Wildman–Crippen MR) is 52.4 cm³/mol. The fourth-order valence-electron chi connectivity index (χ4n) is 1.88. The molecule has 2 aliphatic heterocycles. The maximum absolute atomic E-state index is 5.82. The third-order valence-corrected chi connectivity index (χ3v) is 3.92. The van der Waals surface area contributed by atoms with Crippen molar-refractivity contribution in [2.75, 3.05) is 12.3 Å². The molecular formula is C9H17NOS. The van der Waals surface area contributed by atoms with Crippen molar-refractivity contribution in [1.29, 1.82) is 0 Å². The Morgan fingerprint density at radius 1 is 1.42 bits per heavy atom. The van der Waals surface area contributed by atoms with E-state index in [1.807, 2.05) is 11.8 Å². The van der Waals surface area contributed by atoms with E-state index in [9.17, 15) is 0 Å². The van der Waals surface area contributed by atoms with Gasteiger partial charge in [0.05, 0.1) is 17.6 Å². The number of ether oxygens (including phenoxy) is 1. The summed E-state index contributed by atoms with van der Waals surface area (Å²) in [4.78, 5) is 0. The zero-order chi connectivity index (χ0) is 8.39. The molecule has 3 unspecified atom stereocenters. The second kappa shape index (κ2) is 3.99. The van der Waals surface area contributed by atoms with Crippen molar-refractivity contribution in [3.05, 3.63) is 0 Å². The Morgan fingerprint density at radius 3 is 2.92 bits per heavy atom. The number of hydrogen-bond acceptors (Lipinski definition) is 3. The SMILES string of the molecule is CC1CCC(C2NCCCS2)O1. The maximum atomic E-state index is 5.82. The highest BCUT2D eigenvalue weighted by molar-refractivity contribution is 7.99. The molecule has 0 bridgehead atoms. The van der Waals surface area contributed by atoms with Crippen LogP contribution in [0.1, 0.15) is 26.2 Å². The molecule has 3 heteroatoms. The zero-order valence-corrected chi connectivity index (χ0v) is 8.40. The van der Waals surface area contributed by atoms with E-state index < -0.39 is 0 Å². The molecule has 2 heterocycles. The van der Waals surface area contributed by atoms with Gasteiger partial charge in [-0.3, -0.25) is 0 Å². The van der Waals surface area contributed by atoms with Crippen molar-refractivity contribution in [3.8, 4) is 0 Å². The van der Waals surface area contributed by atoms with Gasteiger partial charge in [-0.05, 0) is 38.5 Å². The normalized spacial score (nSPS) is 43.2. The van der Waals surface area contributed by atoms with Crippen LogP contribution in [0.5, 0.6) is 0 Å². The van der Waals surface area contributed by atoms with Crippen LogP contribution in [-0.2, 0) is 4.74 Å². The molecule has 0 radical (unpaired) electrons. The van der Waals surface area contributed by atoms with Crippen LogP contribution < -0.4 is 5.32 Å². The maximum Gasteiger partial charge on any atom is 0.0826 e. The standard InChI is InChI=1S/C9H17NOS/c1-7-3-4-8(11-7)9-10-5-2-6-12-9/h7-10H,2-6H2,1H3. The van der Waals surface area contributed by atoms with Gasteiger partial charge in [0, 0.05) is 0 Å². The summed E-state index contributed by atoms with van der Waals surface area (Å²) in [5.41, 5.74) is 0. The molecule has 0 spiro atoms. The van der Waals surface area contributed by atoms with E-state index >= 15 is 0 Å². The number of thioether (sulfide) groups is 1. The summed E-state index contributed by atoms with van der Waals surface area (Å²) in [5.74, 6) is 1.30. The molecule has 12 heavy (non-hydrogen) atoms. The van der Waals surface area contributed by atoms with Crippen molar-refractivity contribution in [3.63, 3.8) is 0 Å². The van der Waals surface area contributed by atoms with Crippen LogP contribution in [0.2, 0.25) is 0 Å². The molecule has 2 rings (SSSR count). The summed E-state index contributed by atoms with van der Waals surface area (Å²) < 4.78 is 5.82. The van der Waals surface area contributed by atoms with Crippen molar-refractivity contribution in [2.45, 2.75) is 43.8 Å². The summed E-state index contributed by atoms with van der Waals surface area (Å²) in [6, 6.07) is 0. The first-order valence-electron chi connectivity index (χ1n) is 4.87. The molecule has 0 amide bonds. The summed E-state index contributed by atoms with van der Waals surface area (Å²) in [6.45, 7) is 3.35. The quantitative estimate of drug-likeness (QED) is 0.674. The molecule has 70 valence electrons. The molecule has 2 aliphatic rings. The first-order chi connectivity index (χ1) is 5.86. The van der Waals surface area contributed by atoms with Gasteiger partial charge in [0.25, 0.3) is 0 Å². The van der Waals surface area contributed by atoms with E-state index in [0.29, 0.717) is 17.6 Å². The highest BCUT2D eigenvalue weighted by atomic mass is 32.2. The smallest absolute Gasteiger partial charge is 0.0826 e. The first kappa shape index (κ1) is 8.85. The second-order valence-electron chi connectivity index (χ2n) is 3.66. The molecule has 0 aromatic rings. The van der Waals surface area contributed by atoms with E-state index in [4.69, 9.17) is 4.74 Å². The van der Waals surface area contributed by atoms with Crippen LogP contribution in [0, 0.1) is 0 Å². The lowest BCUT2D eigenvalue weighted by atomic mass is 10.2. The lowest BCUT2D eigenvalue weighted by Gasteiger charge is -2.27. The average Bonchev–Trinajstić information content (AvgIpc) is 2.54. The lowest BCUT2D eigenvalue weighted by Crippen LogP contribution is -2.41. The summed E-state index contributed by atoms with van der Waals surface area (Å²) >= 11 is 2.03. The van der Waals surface area contributed by atoms with E-state index in [1.165, 1.54) is 31.6 Å².